The molecule has 13 aromatic rings. The molecule has 0 bridgehead atoms. The summed E-state index contributed by atoms with van der Waals surface area (Å²) in [6.07, 6.45) is 0. The Morgan fingerprint density at radius 2 is 0.905 bits per heavy atom. The van der Waals surface area contributed by atoms with E-state index in [4.69, 9.17) is 4.42 Å². The zero-order valence-corrected chi connectivity index (χ0v) is 34.2. The molecule has 0 spiro atoms. The minimum absolute atomic E-state index is 0.877. The maximum Gasteiger partial charge on any atom is 0.143 e. The Labute approximate surface area is 363 Å². The second kappa shape index (κ2) is 14.1. The summed E-state index contributed by atoms with van der Waals surface area (Å²) < 4.78 is 8.95. The molecule has 0 saturated heterocycles. The molecule has 3 nitrogen and oxygen atoms in total. The Kier molecular flexibility index (Phi) is 7.91. The first kappa shape index (κ1) is 35.4. The zero-order chi connectivity index (χ0) is 41.4. The monoisotopic (exact) mass is 802 g/mol. The Bertz CT molecular complexity index is 3860. The van der Waals surface area contributed by atoms with Gasteiger partial charge in [0.15, 0.2) is 0 Å². The molecule has 0 saturated carbocycles. The lowest BCUT2D eigenvalue weighted by molar-refractivity contribution is 0.672. The molecule has 0 amide bonds. The van der Waals surface area contributed by atoms with Crippen molar-refractivity contribution in [2.75, 3.05) is 4.90 Å². The molecule has 11 aromatic carbocycles. The van der Waals surface area contributed by atoms with E-state index in [1.807, 2.05) is 0 Å². The minimum Gasteiger partial charge on any atom is -0.455 e. The van der Waals surface area contributed by atoms with Crippen LogP contribution in [0.25, 0.3) is 104 Å². The van der Waals surface area contributed by atoms with Crippen molar-refractivity contribution in [3.8, 4) is 27.9 Å². The number of furan rings is 1. The lowest BCUT2D eigenvalue weighted by atomic mass is 9.93. The average Bonchev–Trinajstić information content (AvgIpc) is 3.90. The summed E-state index contributed by atoms with van der Waals surface area (Å²) in [7, 11) is 0. The van der Waals surface area contributed by atoms with Gasteiger partial charge in [-0.1, -0.05) is 152 Å². The molecule has 294 valence electrons. The second-order valence-electron chi connectivity index (χ2n) is 16.5. The van der Waals surface area contributed by atoms with Crippen molar-refractivity contribution < 1.29 is 4.42 Å². The van der Waals surface area contributed by atoms with Gasteiger partial charge in [-0.05, 0) is 128 Å². The Morgan fingerprint density at radius 1 is 0.317 bits per heavy atom. The molecule has 0 fully saturated rings. The van der Waals surface area contributed by atoms with Gasteiger partial charge in [-0.3, -0.25) is 0 Å². The summed E-state index contributed by atoms with van der Waals surface area (Å²) in [6, 6.07) is 83.5. The van der Waals surface area contributed by atoms with Crippen LogP contribution in [0.4, 0.5) is 17.1 Å². The molecule has 13 rings (SSSR count). The highest BCUT2D eigenvalue weighted by Gasteiger charge is 2.18. The number of anilines is 3. The van der Waals surface area contributed by atoms with Crippen LogP contribution in [0.1, 0.15) is 0 Å². The number of benzene rings is 11. The summed E-state index contributed by atoms with van der Waals surface area (Å²) in [5, 5.41) is 12.1. The third kappa shape index (κ3) is 5.67. The van der Waals surface area contributed by atoms with Crippen LogP contribution in [0, 0.1) is 0 Å². The van der Waals surface area contributed by atoms with Crippen molar-refractivity contribution in [2.45, 2.75) is 0 Å². The van der Waals surface area contributed by atoms with Gasteiger partial charge in [0.2, 0.25) is 0 Å². The van der Waals surface area contributed by atoms with Gasteiger partial charge in [0.25, 0.3) is 0 Å². The van der Waals surface area contributed by atoms with Crippen molar-refractivity contribution in [2.24, 2.45) is 0 Å². The molecular weight excluding hydrogens is 765 g/mol. The molecule has 3 heteroatoms. The second-order valence-corrected chi connectivity index (χ2v) is 16.5. The highest BCUT2D eigenvalue weighted by Crippen LogP contribution is 2.43. The Hall–Kier alpha value is -8.40. The number of fused-ring (bicyclic) bond motifs is 11. The summed E-state index contributed by atoms with van der Waals surface area (Å²) in [5.41, 5.74) is 13.3. The molecule has 2 aromatic heterocycles. The molecule has 0 N–H and O–H groups in total. The normalized spacial score (nSPS) is 11.8. The van der Waals surface area contributed by atoms with Crippen molar-refractivity contribution in [3.05, 3.63) is 231 Å². The maximum absolute atomic E-state index is 6.57. The maximum atomic E-state index is 6.57. The van der Waals surface area contributed by atoms with E-state index in [1.54, 1.807) is 0 Å². The molecule has 0 radical (unpaired) electrons. The predicted octanol–water partition coefficient (Wildman–Crippen LogP) is 16.9. The van der Waals surface area contributed by atoms with E-state index in [9.17, 15) is 0 Å². The van der Waals surface area contributed by atoms with Gasteiger partial charge in [0.05, 0.1) is 11.0 Å². The summed E-state index contributed by atoms with van der Waals surface area (Å²) in [4.78, 5) is 2.36. The van der Waals surface area contributed by atoms with Crippen LogP contribution in [0.15, 0.2) is 235 Å². The molecule has 0 unspecified atom stereocenters. The molecule has 0 aliphatic rings. The Morgan fingerprint density at radius 3 is 1.63 bits per heavy atom. The highest BCUT2D eigenvalue weighted by atomic mass is 16.3. The fourth-order valence-corrected chi connectivity index (χ4v) is 9.99. The summed E-state index contributed by atoms with van der Waals surface area (Å²) in [5.74, 6) is 0. The number of aromatic nitrogens is 1. The van der Waals surface area contributed by atoms with E-state index in [0.29, 0.717) is 0 Å². The number of hydrogen-bond acceptors (Lipinski definition) is 2. The fraction of sp³-hybridized carbons (Fsp3) is 0. The van der Waals surface area contributed by atoms with Crippen LogP contribution < -0.4 is 4.90 Å². The van der Waals surface area contributed by atoms with Crippen LogP contribution in [-0.2, 0) is 0 Å². The quantitative estimate of drug-likeness (QED) is 0.156. The van der Waals surface area contributed by atoms with Crippen molar-refractivity contribution in [1.82, 2.24) is 4.57 Å². The first-order valence-corrected chi connectivity index (χ1v) is 21.6. The predicted molar refractivity (Wildman–Crippen MR) is 266 cm³/mol. The van der Waals surface area contributed by atoms with E-state index in [-0.39, 0.29) is 0 Å². The standard InChI is InChI=1S/C60H38N2O/c1-4-17-49-40(12-1)28-34-54-56-38-47(33-35-59(56)63-60(49)54)61(45-31-26-41(27-32-45)55-37-43-13-2-3-16-48(43)50-18-5-6-19-51(50)55)44-29-24-39(25-30-44)42-14-11-15-46(36-42)62-57-22-9-7-20-52(57)53-21-8-10-23-58(53)62/h1-38H. The number of rotatable bonds is 6. The summed E-state index contributed by atoms with van der Waals surface area (Å²) in [6.45, 7) is 0. The van der Waals surface area contributed by atoms with Crippen LogP contribution in [0.2, 0.25) is 0 Å². The minimum atomic E-state index is 0.877. The fourth-order valence-electron chi connectivity index (χ4n) is 9.99. The van der Waals surface area contributed by atoms with E-state index in [2.05, 4.69) is 240 Å². The van der Waals surface area contributed by atoms with Crippen LogP contribution >= 0.6 is 0 Å². The first-order valence-electron chi connectivity index (χ1n) is 21.6. The van der Waals surface area contributed by atoms with Crippen molar-refractivity contribution in [1.29, 1.82) is 0 Å². The largest absolute Gasteiger partial charge is 0.455 e. The lowest BCUT2D eigenvalue weighted by Crippen LogP contribution is -2.09. The first-order chi connectivity index (χ1) is 31.2. The van der Waals surface area contributed by atoms with Crippen molar-refractivity contribution >= 4 is 93.1 Å². The SMILES string of the molecule is c1cc(-c2ccc(N(c3ccc(-c4cc5ccccc5c5ccccc45)cc3)c3ccc4oc5c6ccccc6ccc5c4c3)cc2)cc(-n2c3ccccc3c3ccccc32)c1. The van der Waals surface area contributed by atoms with E-state index in [0.717, 1.165) is 61.2 Å². The van der Waals surface area contributed by atoms with Crippen LogP contribution in [-0.4, -0.2) is 4.57 Å². The number of hydrogen-bond donors (Lipinski definition) is 0. The smallest absolute Gasteiger partial charge is 0.143 e. The van der Waals surface area contributed by atoms with Crippen LogP contribution in [0.5, 0.6) is 0 Å². The average molecular weight is 803 g/mol. The Balaban J connectivity index is 0.934. The van der Waals surface area contributed by atoms with Gasteiger partial charge in [-0.2, -0.15) is 0 Å². The van der Waals surface area contributed by atoms with Gasteiger partial charge >= 0.3 is 0 Å². The molecule has 0 aliphatic heterocycles. The third-order valence-electron chi connectivity index (χ3n) is 13.0. The lowest BCUT2D eigenvalue weighted by Gasteiger charge is -2.26. The molecule has 0 atom stereocenters. The van der Waals surface area contributed by atoms with E-state index in [1.165, 1.54) is 59.9 Å². The highest BCUT2D eigenvalue weighted by molar-refractivity contribution is 6.16. The summed E-state index contributed by atoms with van der Waals surface area (Å²) >= 11 is 0. The van der Waals surface area contributed by atoms with Gasteiger partial charge in [-0.25, -0.2) is 0 Å². The van der Waals surface area contributed by atoms with Gasteiger partial charge in [0, 0.05) is 49.7 Å². The molecular formula is C60H38N2O. The molecule has 63 heavy (non-hydrogen) atoms. The number of nitrogens with zero attached hydrogens (tertiary/aromatic N) is 2. The van der Waals surface area contributed by atoms with Gasteiger partial charge < -0.3 is 13.9 Å². The third-order valence-corrected chi connectivity index (χ3v) is 13.0. The molecule has 0 aliphatic carbocycles. The van der Waals surface area contributed by atoms with E-state index >= 15 is 0 Å². The van der Waals surface area contributed by atoms with E-state index < -0.39 is 0 Å². The van der Waals surface area contributed by atoms with Gasteiger partial charge in [0.1, 0.15) is 11.2 Å². The zero-order valence-electron chi connectivity index (χ0n) is 34.2. The van der Waals surface area contributed by atoms with Gasteiger partial charge in [-0.15, -0.1) is 0 Å². The number of para-hydroxylation sites is 2. The molecule has 2 heterocycles. The topological polar surface area (TPSA) is 21.3 Å². The van der Waals surface area contributed by atoms with Crippen LogP contribution in [0.3, 0.4) is 0 Å². The van der Waals surface area contributed by atoms with Crippen molar-refractivity contribution in [3.63, 3.8) is 0 Å².